The molecule has 0 radical (unpaired) electrons. The van der Waals surface area contributed by atoms with Gasteiger partial charge < -0.3 is 9.71 Å². The fourth-order valence-corrected chi connectivity index (χ4v) is 6.00. The molecule has 3 aliphatic rings. The second-order valence-corrected chi connectivity index (χ2v) is 8.81. The van der Waals surface area contributed by atoms with Crippen molar-refractivity contribution in [1.29, 1.82) is 0 Å². The van der Waals surface area contributed by atoms with Gasteiger partial charge in [-0.1, -0.05) is 66.7 Å². The van der Waals surface area contributed by atoms with Gasteiger partial charge in [0.05, 0.1) is 5.69 Å². The second-order valence-electron chi connectivity index (χ2n) is 8.81. The number of rotatable bonds is 1. The summed E-state index contributed by atoms with van der Waals surface area (Å²) in [5.74, 6) is 0. The van der Waals surface area contributed by atoms with Crippen LogP contribution in [0.5, 0.6) is 0 Å². The molecular formula is C29H18BN3. The van der Waals surface area contributed by atoms with Crippen molar-refractivity contribution in [3.63, 3.8) is 0 Å². The first-order valence-corrected chi connectivity index (χ1v) is 11.4. The zero-order chi connectivity index (χ0) is 21.5. The van der Waals surface area contributed by atoms with E-state index in [1.54, 1.807) is 0 Å². The Morgan fingerprint density at radius 2 is 1.15 bits per heavy atom. The summed E-state index contributed by atoms with van der Waals surface area (Å²) in [6, 6.07) is 37.1. The molecule has 3 aliphatic heterocycles. The molecule has 5 aromatic rings. The van der Waals surface area contributed by atoms with Crippen molar-refractivity contribution in [3.8, 4) is 22.4 Å². The van der Waals surface area contributed by atoms with Gasteiger partial charge in [-0.25, -0.2) is 0 Å². The average molecular weight is 419 g/mol. The van der Waals surface area contributed by atoms with Crippen molar-refractivity contribution in [2.45, 2.75) is 0 Å². The van der Waals surface area contributed by atoms with Gasteiger partial charge in [0.1, 0.15) is 0 Å². The number of para-hydroxylation sites is 3. The zero-order valence-electron chi connectivity index (χ0n) is 17.8. The predicted octanol–water partition coefficient (Wildman–Crippen LogP) is 5.77. The van der Waals surface area contributed by atoms with E-state index in [-0.39, 0.29) is 6.85 Å². The van der Waals surface area contributed by atoms with Crippen molar-refractivity contribution in [3.05, 3.63) is 109 Å². The molecule has 0 N–H and O–H groups in total. The van der Waals surface area contributed by atoms with Gasteiger partial charge in [0.25, 0.3) is 0 Å². The van der Waals surface area contributed by atoms with Crippen molar-refractivity contribution >= 4 is 46.2 Å². The van der Waals surface area contributed by atoms with Gasteiger partial charge in [0.2, 0.25) is 0 Å². The first-order valence-electron chi connectivity index (χ1n) is 11.4. The standard InChI is InChI=1S/C29H18BN3/c1-2-9-19(10-3-1)32-25-16-8-13-21-20-11-4-6-14-23(20)33-24-15-7-5-12-22(24)29-28(30(33)27(21)25)26(32)17-18-31-29/h1-18H. The number of aromatic nitrogens is 1. The Balaban J connectivity index is 1.58. The summed E-state index contributed by atoms with van der Waals surface area (Å²) in [4.78, 5) is 9.89. The molecule has 0 fully saturated rings. The van der Waals surface area contributed by atoms with Gasteiger partial charge in [-0.3, -0.25) is 4.98 Å². The van der Waals surface area contributed by atoms with Gasteiger partial charge >= 0.3 is 6.85 Å². The van der Waals surface area contributed by atoms with Gasteiger partial charge in [0.15, 0.2) is 0 Å². The van der Waals surface area contributed by atoms with E-state index in [1.807, 2.05) is 6.20 Å². The van der Waals surface area contributed by atoms with Gasteiger partial charge in [-0.2, -0.15) is 0 Å². The zero-order valence-corrected chi connectivity index (χ0v) is 17.8. The summed E-state index contributed by atoms with van der Waals surface area (Å²) in [5.41, 5.74) is 13.6. The van der Waals surface area contributed by atoms with E-state index in [1.165, 1.54) is 56.1 Å². The molecule has 0 unspecified atom stereocenters. The van der Waals surface area contributed by atoms with Gasteiger partial charge in [-0.05, 0) is 47.4 Å². The average Bonchev–Trinajstić information content (AvgIpc) is 2.89. The highest BCUT2D eigenvalue weighted by Gasteiger charge is 2.48. The normalized spacial score (nSPS) is 13.9. The molecule has 3 nitrogen and oxygen atoms in total. The Morgan fingerprint density at radius 3 is 2.00 bits per heavy atom. The number of fused-ring (bicyclic) bond motifs is 6. The summed E-state index contributed by atoms with van der Waals surface area (Å²) >= 11 is 0. The molecule has 0 bridgehead atoms. The van der Waals surface area contributed by atoms with Crippen LogP contribution in [0.25, 0.3) is 22.4 Å². The smallest absolute Gasteiger partial charge is 0.335 e. The Hall–Kier alpha value is -4.31. The molecule has 0 saturated heterocycles. The van der Waals surface area contributed by atoms with E-state index >= 15 is 0 Å². The highest BCUT2D eigenvalue weighted by atomic mass is 15.2. The molecule has 4 heteroatoms. The van der Waals surface area contributed by atoms with Gasteiger partial charge in [-0.15, -0.1) is 0 Å². The molecule has 0 spiro atoms. The summed E-state index contributed by atoms with van der Waals surface area (Å²) in [6.07, 6.45) is 1.96. The number of anilines is 5. The first kappa shape index (κ1) is 17.3. The van der Waals surface area contributed by atoms with E-state index in [4.69, 9.17) is 4.98 Å². The van der Waals surface area contributed by atoms with Crippen LogP contribution in [-0.4, -0.2) is 11.8 Å². The Bertz CT molecular complexity index is 1500. The minimum absolute atomic E-state index is 0.0969. The van der Waals surface area contributed by atoms with Crippen LogP contribution in [-0.2, 0) is 0 Å². The number of pyridine rings is 1. The topological polar surface area (TPSA) is 19.4 Å². The van der Waals surface area contributed by atoms with E-state index in [0.29, 0.717) is 0 Å². The van der Waals surface area contributed by atoms with Crippen molar-refractivity contribution < 1.29 is 0 Å². The molecule has 33 heavy (non-hydrogen) atoms. The maximum absolute atomic E-state index is 4.95. The van der Waals surface area contributed by atoms with E-state index in [0.717, 1.165) is 5.69 Å². The lowest BCUT2D eigenvalue weighted by atomic mass is 9.41. The summed E-state index contributed by atoms with van der Waals surface area (Å²) < 4.78 is 0. The molecule has 8 rings (SSSR count). The number of benzene rings is 4. The maximum atomic E-state index is 4.95. The number of hydrogen-bond acceptors (Lipinski definition) is 3. The van der Waals surface area contributed by atoms with Crippen LogP contribution in [0.4, 0.5) is 28.4 Å². The number of hydrogen-bond donors (Lipinski definition) is 0. The van der Waals surface area contributed by atoms with Crippen LogP contribution >= 0.6 is 0 Å². The molecule has 4 aromatic carbocycles. The lowest BCUT2D eigenvalue weighted by Gasteiger charge is -2.48. The summed E-state index contributed by atoms with van der Waals surface area (Å²) in [5, 5.41) is 0. The second kappa shape index (κ2) is 6.14. The maximum Gasteiger partial charge on any atom is 0.335 e. The van der Waals surface area contributed by atoms with E-state index < -0.39 is 0 Å². The van der Waals surface area contributed by atoms with Crippen LogP contribution in [0.1, 0.15) is 0 Å². The van der Waals surface area contributed by atoms with E-state index in [9.17, 15) is 0 Å². The molecular weight excluding hydrogens is 401 g/mol. The summed E-state index contributed by atoms with van der Waals surface area (Å²) in [6.45, 7) is 0.0969. The lowest BCUT2D eigenvalue weighted by Crippen LogP contribution is -2.63. The molecule has 4 heterocycles. The summed E-state index contributed by atoms with van der Waals surface area (Å²) in [7, 11) is 0. The Morgan fingerprint density at radius 1 is 0.515 bits per heavy atom. The fourth-order valence-electron chi connectivity index (χ4n) is 6.00. The molecule has 1 aromatic heterocycles. The highest BCUT2D eigenvalue weighted by Crippen LogP contribution is 2.50. The third-order valence-corrected chi connectivity index (χ3v) is 7.22. The lowest BCUT2D eigenvalue weighted by molar-refractivity contribution is 1.22. The van der Waals surface area contributed by atoms with Crippen molar-refractivity contribution in [2.75, 3.05) is 9.71 Å². The molecule has 152 valence electrons. The third-order valence-electron chi connectivity index (χ3n) is 7.22. The van der Waals surface area contributed by atoms with Crippen molar-refractivity contribution in [2.24, 2.45) is 0 Å². The van der Waals surface area contributed by atoms with E-state index in [2.05, 4.69) is 113 Å². The van der Waals surface area contributed by atoms with Crippen molar-refractivity contribution in [1.82, 2.24) is 4.98 Å². The predicted molar refractivity (Wildman–Crippen MR) is 137 cm³/mol. The highest BCUT2D eigenvalue weighted by molar-refractivity contribution is 6.95. The van der Waals surface area contributed by atoms with Crippen LogP contribution in [0.2, 0.25) is 0 Å². The fraction of sp³-hybridized carbons (Fsp3) is 0. The minimum Gasteiger partial charge on any atom is -0.376 e. The van der Waals surface area contributed by atoms with Crippen LogP contribution in [0.3, 0.4) is 0 Å². The van der Waals surface area contributed by atoms with Gasteiger partial charge in [0, 0.05) is 51.2 Å². The van der Waals surface area contributed by atoms with Crippen LogP contribution in [0, 0.1) is 0 Å². The minimum atomic E-state index is 0.0969. The monoisotopic (exact) mass is 419 g/mol. The number of nitrogens with zero attached hydrogens (tertiary/aromatic N) is 3. The molecule has 0 atom stereocenters. The molecule has 0 amide bonds. The quantitative estimate of drug-likeness (QED) is 0.322. The largest absolute Gasteiger partial charge is 0.376 e. The Labute approximate surface area is 192 Å². The van der Waals surface area contributed by atoms with Crippen LogP contribution in [0.15, 0.2) is 109 Å². The first-order chi connectivity index (χ1) is 16.4. The third kappa shape index (κ3) is 2.08. The molecule has 0 saturated carbocycles. The molecule has 0 aliphatic carbocycles. The van der Waals surface area contributed by atoms with Crippen LogP contribution < -0.4 is 20.6 Å². The Kier molecular flexibility index (Phi) is 3.21. The SMILES string of the molecule is c1ccc(N2c3cccc4c3B3c5c2ccnc5-c2ccccc2N3c2ccccc2-4)cc1.